The molecule has 4 nitrogen and oxygen atoms in total. The minimum absolute atomic E-state index is 0.0246. The summed E-state index contributed by atoms with van der Waals surface area (Å²) < 4.78 is 0. The average Bonchev–Trinajstić information content (AvgIpc) is 2.28. The second kappa shape index (κ2) is 5.55. The third-order valence-corrected chi connectivity index (χ3v) is 2.60. The van der Waals surface area contributed by atoms with Gasteiger partial charge in [0.05, 0.1) is 11.1 Å². The Morgan fingerprint density at radius 3 is 2.65 bits per heavy atom. The fourth-order valence-corrected chi connectivity index (χ4v) is 1.40. The average molecular weight is 253 g/mol. The zero-order valence-electron chi connectivity index (χ0n) is 9.57. The number of benzene rings is 1. The Bertz CT molecular complexity index is 466. The lowest BCUT2D eigenvalue weighted by Crippen LogP contribution is -2.37. The van der Waals surface area contributed by atoms with E-state index in [4.69, 9.17) is 16.9 Å². The van der Waals surface area contributed by atoms with Crippen molar-refractivity contribution < 1.29 is 9.90 Å². The maximum atomic E-state index is 11.8. The number of nitriles is 1. The summed E-state index contributed by atoms with van der Waals surface area (Å²) in [7, 11) is 0. The first kappa shape index (κ1) is 13.3. The molecule has 0 aliphatic heterocycles. The molecule has 0 spiro atoms. The number of phenols is 1. The van der Waals surface area contributed by atoms with Crippen molar-refractivity contribution in [2.24, 2.45) is 5.92 Å². The lowest BCUT2D eigenvalue weighted by Gasteiger charge is -2.14. The van der Waals surface area contributed by atoms with Gasteiger partial charge in [0.15, 0.2) is 0 Å². The Kier molecular flexibility index (Phi) is 4.36. The highest BCUT2D eigenvalue weighted by Crippen LogP contribution is 2.23. The van der Waals surface area contributed by atoms with Crippen molar-refractivity contribution in [3.8, 4) is 11.8 Å². The van der Waals surface area contributed by atoms with Crippen LogP contribution in [-0.4, -0.2) is 17.1 Å². The van der Waals surface area contributed by atoms with E-state index in [-0.39, 0.29) is 22.6 Å². The van der Waals surface area contributed by atoms with Crippen molar-refractivity contribution in [2.75, 3.05) is 0 Å². The quantitative estimate of drug-likeness (QED) is 0.867. The van der Waals surface area contributed by atoms with Gasteiger partial charge in [-0.2, -0.15) is 5.26 Å². The van der Waals surface area contributed by atoms with Crippen LogP contribution in [0, 0.1) is 17.2 Å². The minimum atomic E-state index is -0.546. The second-order valence-corrected chi connectivity index (χ2v) is 4.40. The van der Waals surface area contributed by atoms with Crippen LogP contribution < -0.4 is 5.32 Å². The number of halogens is 1. The van der Waals surface area contributed by atoms with Crippen molar-refractivity contribution in [1.29, 1.82) is 5.26 Å². The molecule has 1 unspecified atom stereocenters. The number of rotatable bonds is 3. The summed E-state index contributed by atoms with van der Waals surface area (Å²) in [4.78, 5) is 11.8. The summed E-state index contributed by atoms with van der Waals surface area (Å²) in [5.41, 5.74) is 0.314. The van der Waals surface area contributed by atoms with Crippen LogP contribution in [-0.2, 0) is 0 Å². The molecule has 0 aliphatic rings. The van der Waals surface area contributed by atoms with Gasteiger partial charge in [0.2, 0.25) is 0 Å². The highest BCUT2D eigenvalue weighted by Gasteiger charge is 2.16. The molecule has 0 heterocycles. The predicted octanol–water partition coefficient (Wildman–Crippen LogP) is 2.32. The highest BCUT2D eigenvalue weighted by molar-refractivity contribution is 6.32. The molecule has 1 amide bonds. The number of nitrogens with one attached hydrogen (secondary N) is 1. The number of nitrogens with zero attached hydrogens (tertiary/aromatic N) is 1. The van der Waals surface area contributed by atoms with Gasteiger partial charge in [0.1, 0.15) is 11.8 Å². The van der Waals surface area contributed by atoms with E-state index >= 15 is 0 Å². The topological polar surface area (TPSA) is 73.1 Å². The summed E-state index contributed by atoms with van der Waals surface area (Å²) in [6, 6.07) is 5.62. The molecule has 5 heteroatoms. The summed E-state index contributed by atoms with van der Waals surface area (Å²) >= 11 is 5.70. The van der Waals surface area contributed by atoms with Gasteiger partial charge in [-0.25, -0.2) is 0 Å². The fourth-order valence-electron chi connectivity index (χ4n) is 1.22. The summed E-state index contributed by atoms with van der Waals surface area (Å²) in [5.74, 6) is -0.437. The number of carbonyl (C=O) groups is 1. The van der Waals surface area contributed by atoms with E-state index in [0.717, 1.165) is 0 Å². The number of phenolic OH excluding ortho intramolecular Hbond substituents is 1. The van der Waals surface area contributed by atoms with Crippen LogP contribution in [0.5, 0.6) is 5.75 Å². The fraction of sp³-hybridized carbons (Fsp3) is 0.333. The summed E-state index contributed by atoms with van der Waals surface area (Å²) in [6.45, 7) is 3.69. The molecule has 90 valence electrons. The first-order chi connectivity index (χ1) is 7.95. The summed E-state index contributed by atoms with van der Waals surface area (Å²) in [5, 5.41) is 20.8. The molecule has 1 rings (SSSR count). The maximum absolute atomic E-state index is 11.8. The molecular formula is C12H13ClN2O2. The van der Waals surface area contributed by atoms with E-state index in [1.165, 1.54) is 18.2 Å². The maximum Gasteiger partial charge on any atom is 0.252 e. The van der Waals surface area contributed by atoms with Crippen molar-refractivity contribution in [3.05, 3.63) is 28.8 Å². The minimum Gasteiger partial charge on any atom is -0.506 e. The Morgan fingerprint density at radius 1 is 1.53 bits per heavy atom. The van der Waals surface area contributed by atoms with Crippen molar-refractivity contribution in [2.45, 2.75) is 19.9 Å². The third-order valence-electron chi connectivity index (χ3n) is 2.30. The van der Waals surface area contributed by atoms with E-state index in [1.807, 2.05) is 19.9 Å². The van der Waals surface area contributed by atoms with Gasteiger partial charge in [-0.1, -0.05) is 25.4 Å². The van der Waals surface area contributed by atoms with E-state index in [1.54, 1.807) is 0 Å². The Morgan fingerprint density at radius 2 is 2.18 bits per heavy atom. The van der Waals surface area contributed by atoms with Gasteiger partial charge in [-0.15, -0.1) is 0 Å². The lowest BCUT2D eigenvalue weighted by atomic mass is 10.1. The second-order valence-electron chi connectivity index (χ2n) is 3.99. The molecule has 0 aromatic heterocycles. The molecule has 0 saturated heterocycles. The molecule has 0 saturated carbocycles. The normalized spacial score (nSPS) is 11.9. The largest absolute Gasteiger partial charge is 0.506 e. The van der Waals surface area contributed by atoms with E-state index in [0.29, 0.717) is 5.56 Å². The van der Waals surface area contributed by atoms with Crippen LogP contribution in [0.15, 0.2) is 18.2 Å². The number of carbonyl (C=O) groups excluding carboxylic acids is 1. The Hall–Kier alpha value is -1.73. The summed E-state index contributed by atoms with van der Waals surface area (Å²) in [6.07, 6.45) is 0. The van der Waals surface area contributed by atoms with Crippen LogP contribution in [0.4, 0.5) is 0 Å². The molecule has 1 aromatic rings. The first-order valence-electron chi connectivity index (χ1n) is 5.14. The van der Waals surface area contributed by atoms with Gasteiger partial charge in [0.25, 0.3) is 5.91 Å². The zero-order chi connectivity index (χ0) is 13.0. The first-order valence-corrected chi connectivity index (χ1v) is 5.52. The van der Waals surface area contributed by atoms with Crippen LogP contribution in [0.25, 0.3) is 0 Å². The van der Waals surface area contributed by atoms with Gasteiger partial charge in [-0.05, 0) is 24.1 Å². The van der Waals surface area contributed by atoms with Crippen LogP contribution >= 0.6 is 11.6 Å². The molecule has 17 heavy (non-hydrogen) atoms. The van der Waals surface area contributed by atoms with Gasteiger partial charge >= 0.3 is 0 Å². The van der Waals surface area contributed by atoms with Gasteiger partial charge in [0, 0.05) is 5.56 Å². The van der Waals surface area contributed by atoms with Crippen molar-refractivity contribution >= 4 is 17.5 Å². The SMILES string of the molecule is CC(C)C(C#N)NC(=O)c1ccc(O)c(Cl)c1. The molecule has 0 aliphatic carbocycles. The molecular weight excluding hydrogens is 240 g/mol. The van der Waals surface area contributed by atoms with Crippen LogP contribution in [0.2, 0.25) is 5.02 Å². The third kappa shape index (κ3) is 3.36. The van der Waals surface area contributed by atoms with Crippen LogP contribution in [0.3, 0.4) is 0 Å². The lowest BCUT2D eigenvalue weighted by molar-refractivity contribution is 0.0937. The molecule has 1 atom stereocenters. The number of aromatic hydroxyl groups is 1. The number of hydrogen-bond donors (Lipinski definition) is 2. The standard InChI is InChI=1S/C12H13ClN2O2/c1-7(2)10(6-14)15-12(17)8-3-4-11(16)9(13)5-8/h3-5,7,10,16H,1-2H3,(H,15,17). The smallest absolute Gasteiger partial charge is 0.252 e. The highest BCUT2D eigenvalue weighted by atomic mass is 35.5. The van der Waals surface area contributed by atoms with Crippen LogP contribution in [0.1, 0.15) is 24.2 Å². The van der Waals surface area contributed by atoms with E-state index < -0.39 is 6.04 Å². The molecule has 2 N–H and O–H groups in total. The molecule has 0 radical (unpaired) electrons. The molecule has 1 aromatic carbocycles. The van der Waals surface area contributed by atoms with Gasteiger partial charge in [-0.3, -0.25) is 4.79 Å². The Balaban J connectivity index is 2.83. The number of hydrogen-bond acceptors (Lipinski definition) is 3. The molecule has 0 bridgehead atoms. The zero-order valence-corrected chi connectivity index (χ0v) is 10.3. The van der Waals surface area contributed by atoms with Crippen molar-refractivity contribution in [3.63, 3.8) is 0 Å². The van der Waals surface area contributed by atoms with Crippen molar-refractivity contribution in [1.82, 2.24) is 5.32 Å². The van der Waals surface area contributed by atoms with Gasteiger partial charge < -0.3 is 10.4 Å². The van der Waals surface area contributed by atoms with E-state index in [9.17, 15) is 9.90 Å². The Labute approximate surface area is 105 Å². The predicted molar refractivity (Wildman–Crippen MR) is 64.8 cm³/mol. The monoisotopic (exact) mass is 252 g/mol. The molecule has 0 fully saturated rings. The number of amides is 1. The van der Waals surface area contributed by atoms with E-state index in [2.05, 4.69) is 5.32 Å².